The van der Waals surface area contributed by atoms with E-state index in [0.717, 1.165) is 12.2 Å². The Balaban J connectivity index is 2.01. The van der Waals surface area contributed by atoms with Gasteiger partial charge in [0.15, 0.2) is 0 Å². The molecular formula is C16H25Cl2N. The van der Waals surface area contributed by atoms with Gasteiger partial charge in [-0.3, -0.25) is 0 Å². The lowest BCUT2D eigenvalue weighted by Gasteiger charge is -2.08. The highest BCUT2D eigenvalue weighted by molar-refractivity contribution is 6.36. The Morgan fingerprint density at radius 1 is 0.895 bits per heavy atom. The van der Waals surface area contributed by atoms with E-state index in [9.17, 15) is 0 Å². The predicted molar refractivity (Wildman–Crippen MR) is 87.6 cm³/mol. The minimum atomic E-state index is 0.683. The fraction of sp³-hybridized carbons (Fsp3) is 0.625. The van der Waals surface area contributed by atoms with E-state index in [0.29, 0.717) is 10.0 Å². The molecular weight excluding hydrogens is 277 g/mol. The maximum atomic E-state index is 6.09. The van der Waals surface area contributed by atoms with Gasteiger partial charge >= 0.3 is 0 Å². The van der Waals surface area contributed by atoms with Gasteiger partial charge in [0.1, 0.15) is 0 Å². The molecule has 0 aliphatic heterocycles. The SMILES string of the molecule is CCCCCCCCCCNc1ccc(Cl)cc1Cl. The smallest absolute Gasteiger partial charge is 0.0652 e. The van der Waals surface area contributed by atoms with Crippen LogP contribution in [0.1, 0.15) is 58.3 Å². The minimum Gasteiger partial charge on any atom is -0.384 e. The van der Waals surface area contributed by atoms with Crippen molar-refractivity contribution in [1.29, 1.82) is 0 Å². The third-order valence-electron chi connectivity index (χ3n) is 3.28. The predicted octanol–water partition coefficient (Wildman–Crippen LogP) is 6.55. The van der Waals surface area contributed by atoms with Crippen LogP contribution in [-0.2, 0) is 0 Å². The van der Waals surface area contributed by atoms with Crippen LogP contribution in [0.4, 0.5) is 5.69 Å². The number of nitrogens with one attached hydrogen (secondary N) is 1. The second-order valence-electron chi connectivity index (χ2n) is 5.03. The van der Waals surface area contributed by atoms with Crippen LogP contribution < -0.4 is 5.32 Å². The summed E-state index contributed by atoms with van der Waals surface area (Å²) in [6.45, 7) is 3.24. The van der Waals surface area contributed by atoms with Crippen molar-refractivity contribution in [2.24, 2.45) is 0 Å². The molecule has 0 saturated carbocycles. The molecule has 0 unspecified atom stereocenters. The van der Waals surface area contributed by atoms with E-state index in [1.165, 1.54) is 51.4 Å². The Bertz CT molecular complexity index is 353. The van der Waals surface area contributed by atoms with Gasteiger partial charge in [0.05, 0.1) is 10.7 Å². The first-order valence-electron chi connectivity index (χ1n) is 7.43. The number of hydrogen-bond donors (Lipinski definition) is 1. The van der Waals surface area contributed by atoms with Gasteiger partial charge in [-0.1, -0.05) is 75.1 Å². The highest BCUT2D eigenvalue weighted by Gasteiger charge is 1.99. The summed E-state index contributed by atoms with van der Waals surface area (Å²) in [5.41, 5.74) is 0.981. The number of unbranched alkanes of at least 4 members (excludes halogenated alkanes) is 7. The summed E-state index contributed by atoms with van der Waals surface area (Å²) in [6, 6.07) is 5.58. The van der Waals surface area contributed by atoms with E-state index in [4.69, 9.17) is 23.2 Å². The van der Waals surface area contributed by atoms with Crippen LogP contribution in [0.2, 0.25) is 10.0 Å². The Morgan fingerprint density at radius 3 is 2.16 bits per heavy atom. The van der Waals surface area contributed by atoms with E-state index < -0.39 is 0 Å². The van der Waals surface area contributed by atoms with E-state index in [1.807, 2.05) is 12.1 Å². The molecule has 0 spiro atoms. The molecule has 0 heterocycles. The van der Waals surface area contributed by atoms with Crippen molar-refractivity contribution in [3.63, 3.8) is 0 Å². The molecule has 3 heteroatoms. The summed E-state index contributed by atoms with van der Waals surface area (Å²) in [4.78, 5) is 0. The lowest BCUT2D eigenvalue weighted by Crippen LogP contribution is -2.01. The van der Waals surface area contributed by atoms with Crippen molar-refractivity contribution in [3.8, 4) is 0 Å². The van der Waals surface area contributed by atoms with Gasteiger partial charge in [0.25, 0.3) is 0 Å². The molecule has 0 radical (unpaired) electrons. The molecule has 1 nitrogen and oxygen atoms in total. The van der Waals surface area contributed by atoms with Crippen LogP contribution in [0.3, 0.4) is 0 Å². The summed E-state index contributed by atoms with van der Waals surface area (Å²) in [5, 5.41) is 4.74. The maximum absolute atomic E-state index is 6.09. The van der Waals surface area contributed by atoms with Crippen molar-refractivity contribution in [3.05, 3.63) is 28.2 Å². The van der Waals surface area contributed by atoms with Crippen LogP contribution >= 0.6 is 23.2 Å². The first-order chi connectivity index (χ1) is 9.24. The monoisotopic (exact) mass is 301 g/mol. The third kappa shape index (κ3) is 7.69. The number of rotatable bonds is 10. The fourth-order valence-electron chi connectivity index (χ4n) is 2.11. The van der Waals surface area contributed by atoms with Crippen LogP contribution in [-0.4, -0.2) is 6.54 Å². The van der Waals surface area contributed by atoms with Crippen molar-refractivity contribution in [2.75, 3.05) is 11.9 Å². The Labute approximate surface area is 127 Å². The van der Waals surface area contributed by atoms with Crippen LogP contribution in [0, 0.1) is 0 Å². The molecule has 0 fully saturated rings. The molecule has 1 aromatic carbocycles. The maximum Gasteiger partial charge on any atom is 0.0652 e. The standard InChI is InChI=1S/C16H25Cl2N/c1-2-3-4-5-6-7-8-9-12-19-16-11-10-14(17)13-15(16)18/h10-11,13,19H,2-9,12H2,1H3. The van der Waals surface area contributed by atoms with Gasteiger partial charge in [-0.2, -0.15) is 0 Å². The molecule has 0 bridgehead atoms. The van der Waals surface area contributed by atoms with Gasteiger partial charge in [0.2, 0.25) is 0 Å². The molecule has 0 amide bonds. The molecule has 0 aliphatic rings. The number of anilines is 1. The quantitative estimate of drug-likeness (QED) is 0.483. The Morgan fingerprint density at radius 2 is 1.53 bits per heavy atom. The normalized spacial score (nSPS) is 10.7. The van der Waals surface area contributed by atoms with E-state index in [-0.39, 0.29) is 0 Å². The van der Waals surface area contributed by atoms with E-state index >= 15 is 0 Å². The van der Waals surface area contributed by atoms with Crippen LogP contribution in [0.5, 0.6) is 0 Å². The second kappa shape index (κ2) is 10.4. The van der Waals surface area contributed by atoms with Gasteiger partial charge in [-0.05, 0) is 24.6 Å². The number of hydrogen-bond acceptors (Lipinski definition) is 1. The molecule has 1 N–H and O–H groups in total. The topological polar surface area (TPSA) is 12.0 Å². The van der Waals surface area contributed by atoms with Crippen molar-refractivity contribution >= 4 is 28.9 Å². The lowest BCUT2D eigenvalue weighted by molar-refractivity contribution is 0.581. The largest absolute Gasteiger partial charge is 0.384 e. The number of halogens is 2. The van der Waals surface area contributed by atoms with Gasteiger partial charge in [-0.15, -0.1) is 0 Å². The molecule has 1 aromatic rings. The highest BCUT2D eigenvalue weighted by atomic mass is 35.5. The molecule has 0 aliphatic carbocycles. The molecule has 1 rings (SSSR count). The lowest BCUT2D eigenvalue weighted by atomic mass is 10.1. The summed E-state index contributed by atoms with van der Waals surface area (Å²) in [6.07, 6.45) is 10.7. The van der Waals surface area contributed by atoms with Crippen molar-refractivity contribution in [1.82, 2.24) is 0 Å². The van der Waals surface area contributed by atoms with Gasteiger partial charge in [0, 0.05) is 11.6 Å². The Hall–Kier alpha value is -0.400. The average molecular weight is 302 g/mol. The molecule has 19 heavy (non-hydrogen) atoms. The summed E-state index contributed by atoms with van der Waals surface area (Å²) < 4.78 is 0. The van der Waals surface area contributed by atoms with Crippen molar-refractivity contribution in [2.45, 2.75) is 58.3 Å². The zero-order valence-electron chi connectivity index (χ0n) is 11.9. The van der Waals surface area contributed by atoms with E-state index in [1.54, 1.807) is 6.07 Å². The summed E-state index contributed by atoms with van der Waals surface area (Å²) >= 11 is 12.0. The molecule has 0 saturated heterocycles. The number of benzene rings is 1. The average Bonchev–Trinajstić information content (AvgIpc) is 2.39. The Kier molecular flexibility index (Phi) is 9.11. The molecule has 0 atom stereocenters. The van der Waals surface area contributed by atoms with Crippen LogP contribution in [0.25, 0.3) is 0 Å². The summed E-state index contributed by atoms with van der Waals surface area (Å²) in [5.74, 6) is 0. The third-order valence-corrected chi connectivity index (χ3v) is 3.82. The van der Waals surface area contributed by atoms with Crippen LogP contribution in [0.15, 0.2) is 18.2 Å². The first-order valence-corrected chi connectivity index (χ1v) is 8.18. The highest BCUT2D eigenvalue weighted by Crippen LogP contribution is 2.25. The molecule has 108 valence electrons. The second-order valence-corrected chi connectivity index (χ2v) is 5.87. The van der Waals surface area contributed by atoms with Gasteiger partial charge in [-0.25, -0.2) is 0 Å². The molecule has 0 aromatic heterocycles. The summed E-state index contributed by atoms with van der Waals surface area (Å²) in [7, 11) is 0. The first kappa shape index (κ1) is 16.7. The van der Waals surface area contributed by atoms with E-state index in [2.05, 4.69) is 12.2 Å². The fourth-order valence-corrected chi connectivity index (χ4v) is 2.59. The van der Waals surface area contributed by atoms with Crippen molar-refractivity contribution < 1.29 is 0 Å². The zero-order valence-corrected chi connectivity index (χ0v) is 13.4. The van der Waals surface area contributed by atoms with Gasteiger partial charge < -0.3 is 5.32 Å². The minimum absolute atomic E-state index is 0.683. The zero-order chi connectivity index (χ0) is 13.9.